The average molecular weight is 230 g/mol. The molecular weight excluding hydrogens is 220 g/mol. The van der Waals surface area contributed by atoms with Gasteiger partial charge in [-0.05, 0) is 18.9 Å². The van der Waals surface area contributed by atoms with Gasteiger partial charge in [-0.15, -0.1) is 0 Å². The second-order valence-electron chi connectivity index (χ2n) is 4.07. The van der Waals surface area contributed by atoms with Gasteiger partial charge in [-0.2, -0.15) is 9.98 Å². The van der Waals surface area contributed by atoms with E-state index in [0.29, 0.717) is 11.1 Å². The summed E-state index contributed by atoms with van der Waals surface area (Å²) in [4.78, 5) is 18.6. The monoisotopic (exact) mass is 230 g/mol. The zero-order valence-corrected chi connectivity index (χ0v) is 9.27. The van der Waals surface area contributed by atoms with Gasteiger partial charge in [0.15, 0.2) is 5.58 Å². The van der Waals surface area contributed by atoms with E-state index in [1.807, 2.05) is 18.2 Å². The van der Waals surface area contributed by atoms with E-state index in [9.17, 15) is 4.79 Å². The van der Waals surface area contributed by atoms with Gasteiger partial charge >= 0.3 is 6.08 Å². The van der Waals surface area contributed by atoms with Gasteiger partial charge < -0.3 is 9.15 Å². The number of aliphatic imine (C=N–C) groups is 1. The van der Waals surface area contributed by atoms with Gasteiger partial charge in [0.1, 0.15) is 11.1 Å². The molecule has 1 fully saturated rings. The zero-order chi connectivity index (χ0) is 11.9. The van der Waals surface area contributed by atoms with Gasteiger partial charge in [0.05, 0.1) is 7.11 Å². The number of hydrogen-bond acceptors (Lipinski definition) is 5. The fraction of sp³-hybridized carbons (Fsp3) is 0.333. The first kappa shape index (κ1) is 10.1. The Morgan fingerprint density at radius 2 is 2.35 bits per heavy atom. The van der Waals surface area contributed by atoms with E-state index < -0.39 is 5.54 Å². The molecule has 0 amide bonds. The molecular formula is C12H10N2O3. The number of ether oxygens (including phenoxy) is 1. The fourth-order valence-electron chi connectivity index (χ4n) is 2.04. The lowest BCUT2D eigenvalue weighted by Crippen LogP contribution is -2.02. The summed E-state index contributed by atoms with van der Waals surface area (Å²) in [6.45, 7) is 0. The second kappa shape index (κ2) is 3.43. The zero-order valence-electron chi connectivity index (χ0n) is 9.27. The molecule has 0 N–H and O–H groups in total. The number of hydrogen-bond donors (Lipinski definition) is 0. The number of oxazole rings is 1. The number of para-hydroxylation sites is 1. The average Bonchev–Trinajstić information content (AvgIpc) is 2.99. The topological polar surface area (TPSA) is 64.7 Å². The van der Waals surface area contributed by atoms with Crippen LogP contribution in [0.2, 0.25) is 0 Å². The highest BCUT2D eigenvalue weighted by atomic mass is 16.6. The molecule has 17 heavy (non-hydrogen) atoms. The van der Waals surface area contributed by atoms with Gasteiger partial charge in [0.2, 0.25) is 6.08 Å². The Kier molecular flexibility index (Phi) is 2.03. The Balaban J connectivity index is 2.22. The van der Waals surface area contributed by atoms with Crippen LogP contribution in [0.25, 0.3) is 11.1 Å². The lowest BCUT2D eigenvalue weighted by atomic mass is 10.0. The third kappa shape index (κ3) is 1.44. The molecule has 1 aromatic carbocycles. The lowest BCUT2D eigenvalue weighted by molar-refractivity contribution is 0.299. The van der Waals surface area contributed by atoms with Crippen LogP contribution in [0, 0.1) is 0 Å². The van der Waals surface area contributed by atoms with Crippen molar-refractivity contribution in [1.82, 2.24) is 4.98 Å². The molecule has 2 aromatic rings. The van der Waals surface area contributed by atoms with Gasteiger partial charge in [-0.3, -0.25) is 0 Å². The van der Waals surface area contributed by atoms with E-state index in [1.165, 1.54) is 7.11 Å². The van der Waals surface area contributed by atoms with Gasteiger partial charge in [0, 0.05) is 5.56 Å². The first-order chi connectivity index (χ1) is 8.29. The second-order valence-corrected chi connectivity index (χ2v) is 4.07. The molecule has 1 heterocycles. The van der Waals surface area contributed by atoms with E-state index in [2.05, 4.69) is 9.98 Å². The van der Waals surface area contributed by atoms with Gasteiger partial charge in [-0.25, -0.2) is 4.79 Å². The van der Waals surface area contributed by atoms with Crippen LogP contribution in [0.1, 0.15) is 18.4 Å². The van der Waals surface area contributed by atoms with Crippen LogP contribution in [0.15, 0.2) is 27.6 Å². The molecule has 0 radical (unpaired) electrons. The third-order valence-corrected chi connectivity index (χ3v) is 3.06. The number of aromatic nitrogens is 1. The maximum absolute atomic E-state index is 10.5. The van der Waals surface area contributed by atoms with Crippen LogP contribution in [0.4, 0.5) is 0 Å². The van der Waals surface area contributed by atoms with Crippen LogP contribution in [0.3, 0.4) is 0 Å². The number of isocyanates is 1. The molecule has 0 atom stereocenters. The largest absolute Gasteiger partial charge is 0.453 e. The predicted octanol–water partition coefficient (Wildman–Crippen LogP) is 2.16. The maximum atomic E-state index is 10.5. The van der Waals surface area contributed by atoms with Crippen molar-refractivity contribution in [3.8, 4) is 6.08 Å². The van der Waals surface area contributed by atoms with Crippen molar-refractivity contribution in [3.63, 3.8) is 0 Å². The molecule has 5 nitrogen and oxygen atoms in total. The summed E-state index contributed by atoms with van der Waals surface area (Å²) in [5, 5.41) is 0. The molecule has 86 valence electrons. The smallest absolute Gasteiger partial charge is 0.394 e. The van der Waals surface area contributed by atoms with Gasteiger partial charge in [0.25, 0.3) is 0 Å². The van der Waals surface area contributed by atoms with Crippen LogP contribution in [-0.4, -0.2) is 18.2 Å². The molecule has 1 saturated carbocycles. The van der Waals surface area contributed by atoms with Crippen molar-refractivity contribution in [2.45, 2.75) is 18.4 Å². The third-order valence-electron chi connectivity index (χ3n) is 3.06. The Hall–Kier alpha value is -2.13. The van der Waals surface area contributed by atoms with Crippen LogP contribution in [-0.2, 0) is 10.3 Å². The van der Waals surface area contributed by atoms with Gasteiger partial charge in [-0.1, -0.05) is 12.1 Å². The number of rotatable bonds is 3. The Morgan fingerprint density at radius 1 is 1.53 bits per heavy atom. The summed E-state index contributed by atoms with van der Waals surface area (Å²) in [6, 6.07) is 5.59. The molecule has 0 aliphatic heterocycles. The Labute approximate surface area is 97.1 Å². The Bertz CT molecular complexity index is 622. The molecule has 0 saturated heterocycles. The minimum absolute atomic E-state index is 0.221. The summed E-state index contributed by atoms with van der Waals surface area (Å²) >= 11 is 0. The molecule has 0 bridgehead atoms. The standard InChI is InChI=1S/C12H10N2O3/c1-16-11-14-10-8(3-2-4-9(10)17-11)12(5-6-12)13-7-15/h2-4H,5-6H2,1H3. The number of benzene rings is 1. The quantitative estimate of drug-likeness (QED) is 0.598. The lowest BCUT2D eigenvalue weighted by Gasteiger charge is -2.07. The first-order valence-electron chi connectivity index (χ1n) is 5.32. The number of fused-ring (bicyclic) bond motifs is 1. The van der Waals surface area contributed by atoms with E-state index in [1.54, 1.807) is 6.08 Å². The summed E-state index contributed by atoms with van der Waals surface area (Å²) in [7, 11) is 1.50. The SMILES string of the molecule is COc1nc2c(C3(N=C=O)CC3)cccc2o1. The molecule has 5 heteroatoms. The van der Waals surface area contributed by atoms with E-state index in [-0.39, 0.29) is 6.08 Å². The van der Waals surface area contributed by atoms with Crippen molar-refractivity contribution in [2.75, 3.05) is 7.11 Å². The highest BCUT2D eigenvalue weighted by Gasteiger charge is 2.46. The normalized spacial score (nSPS) is 16.5. The first-order valence-corrected chi connectivity index (χ1v) is 5.32. The highest BCUT2D eigenvalue weighted by molar-refractivity contribution is 5.79. The molecule has 1 aliphatic rings. The minimum atomic E-state index is -0.441. The van der Waals surface area contributed by atoms with E-state index in [0.717, 1.165) is 18.4 Å². The summed E-state index contributed by atoms with van der Waals surface area (Å²) < 4.78 is 10.3. The van der Waals surface area contributed by atoms with Crippen LogP contribution < -0.4 is 4.74 Å². The van der Waals surface area contributed by atoms with Crippen molar-refractivity contribution in [3.05, 3.63) is 23.8 Å². The highest BCUT2D eigenvalue weighted by Crippen LogP contribution is 2.51. The van der Waals surface area contributed by atoms with E-state index in [4.69, 9.17) is 9.15 Å². The number of methoxy groups -OCH3 is 1. The number of carbonyl (C=O) groups excluding carboxylic acids is 1. The fourth-order valence-corrected chi connectivity index (χ4v) is 2.04. The predicted molar refractivity (Wildman–Crippen MR) is 59.6 cm³/mol. The van der Waals surface area contributed by atoms with Crippen LogP contribution >= 0.6 is 0 Å². The minimum Gasteiger partial charge on any atom is -0.453 e. The van der Waals surface area contributed by atoms with Crippen molar-refractivity contribution >= 4 is 17.2 Å². The maximum Gasteiger partial charge on any atom is 0.394 e. The molecule has 3 rings (SSSR count). The molecule has 1 aliphatic carbocycles. The molecule has 0 unspecified atom stereocenters. The van der Waals surface area contributed by atoms with Crippen molar-refractivity contribution in [1.29, 1.82) is 0 Å². The molecule has 1 aromatic heterocycles. The summed E-state index contributed by atoms with van der Waals surface area (Å²) in [5.74, 6) is 0. The summed E-state index contributed by atoms with van der Waals surface area (Å²) in [6.07, 6.45) is 3.55. The molecule has 0 spiro atoms. The van der Waals surface area contributed by atoms with Crippen molar-refractivity contribution < 1.29 is 13.9 Å². The van der Waals surface area contributed by atoms with Crippen molar-refractivity contribution in [2.24, 2.45) is 4.99 Å². The number of nitrogens with zero attached hydrogens (tertiary/aromatic N) is 2. The summed E-state index contributed by atoms with van der Waals surface area (Å²) in [5.41, 5.74) is 1.82. The Morgan fingerprint density at radius 3 is 3.00 bits per heavy atom. The van der Waals surface area contributed by atoms with Crippen LogP contribution in [0.5, 0.6) is 6.08 Å². The van der Waals surface area contributed by atoms with E-state index >= 15 is 0 Å².